The maximum Gasteiger partial charge on any atom is 0.0614 e. The summed E-state index contributed by atoms with van der Waals surface area (Å²) in [5, 5.41) is 9.73. The van der Waals surface area contributed by atoms with Gasteiger partial charge < -0.3 is 5.11 Å². The molecule has 2 aromatic carbocycles. The zero-order valence-electron chi connectivity index (χ0n) is 11.5. The van der Waals surface area contributed by atoms with Crippen LogP contribution in [0.4, 0.5) is 0 Å². The average molecular weight is 265 g/mol. The van der Waals surface area contributed by atoms with Gasteiger partial charge in [-0.15, -0.1) is 0 Å². The van der Waals surface area contributed by atoms with Gasteiger partial charge in [-0.1, -0.05) is 48.5 Å². The minimum atomic E-state index is -0.113. The van der Waals surface area contributed by atoms with Crippen molar-refractivity contribution in [2.24, 2.45) is 0 Å². The molecule has 0 aromatic heterocycles. The summed E-state index contributed by atoms with van der Waals surface area (Å²) >= 11 is 0. The molecule has 2 aliphatic rings. The fourth-order valence-electron chi connectivity index (χ4n) is 3.67. The number of likely N-dealkylation sites (tertiary alicyclic amines) is 1. The third-order valence-electron chi connectivity index (χ3n) is 4.67. The lowest BCUT2D eigenvalue weighted by Crippen LogP contribution is -2.38. The number of fused-ring (bicyclic) bond motifs is 3. The predicted molar refractivity (Wildman–Crippen MR) is 80.5 cm³/mol. The number of benzene rings is 2. The minimum Gasteiger partial charge on any atom is -0.393 e. The quantitative estimate of drug-likeness (QED) is 0.856. The van der Waals surface area contributed by atoms with Gasteiger partial charge >= 0.3 is 0 Å². The van der Waals surface area contributed by atoms with Crippen molar-refractivity contribution in [2.75, 3.05) is 13.1 Å². The molecule has 2 nitrogen and oxygen atoms in total. The predicted octanol–water partition coefficient (Wildman–Crippen LogP) is 3.21. The van der Waals surface area contributed by atoms with Crippen LogP contribution in [0.1, 0.15) is 30.0 Å². The Labute approximate surface area is 119 Å². The molecule has 1 N–H and O–H groups in total. The summed E-state index contributed by atoms with van der Waals surface area (Å²) in [6.07, 6.45) is 1.67. The Morgan fingerprint density at radius 2 is 1.30 bits per heavy atom. The highest BCUT2D eigenvalue weighted by molar-refractivity contribution is 5.78. The van der Waals surface area contributed by atoms with E-state index < -0.39 is 0 Å². The number of hydrogen-bond donors (Lipinski definition) is 1. The van der Waals surface area contributed by atoms with Crippen LogP contribution in [0.25, 0.3) is 11.1 Å². The standard InChI is InChI=1S/C18H19NO/c20-13-9-11-19(12-10-13)18-16-7-3-1-5-14(16)15-6-2-4-8-17(15)18/h1-8,13,18,20H,9-12H2. The average Bonchev–Trinajstić information content (AvgIpc) is 2.83. The molecular formula is C18H19NO. The van der Waals surface area contributed by atoms with Gasteiger partial charge in [-0.2, -0.15) is 0 Å². The van der Waals surface area contributed by atoms with Gasteiger partial charge in [-0.05, 0) is 35.1 Å². The zero-order valence-corrected chi connectivity index (χ0v) is 11.5. The smallest absolute Gasteiger partial charge is 0.0614 e. The Bertz CT molecular complexity index is 583. The van der Waals surface area contributed by atoms with Crippen molar-refractivity contribution >= 4 is 0 Å². The van der Waals surface area contributed by atoms with Crippen LogP contribution in [0.5, 0.6) is 0 Å². The molecule has 20 heavy (non-hydrogen) atoms. The van der Waals surface area contributed by atoms with E-state index in [-0.39, 0.29) is 6.10 Å². The van der Waals surface area contributed by atoms with Gasteiger partial charge in [0, 0.05) is 13.1 Å². The molecule has 1 fully saturated rings. The Morgan fingerprint density at radius 1 is 0.800 bits per heavy atom. The van der Waals surface area contributed by atoms with E-state index in [9.17, 15) is 5.11 Å². The van der Waals surface area contributed by atoms with Crippen LogP contribution in [0.2, 0.25) is 0 Å². The van der Waals surface area contributed by atoms with Gasteiger partial charge in [-0.25, -0.2) is 0 Å². The number of hydrogen-bond acceptors (Lipinski definition) is 2. The fraction of sp³-hybridized carbons (Fsp3) is 0.333. The number of aliphatic hydroxyl groups is 1. The minimum absolute atomic E-state index is 0.113. The van der Waals surface area contributed by atoms with Crippen LogP contribution >= 0.6 is 0 Å². The van der Waals surface area contributed by atoms with E-state index in [0.717, 1.165) is 25.9 Å². The molecule has 102 valence electrons. The van der Waals surface area contributed by atoms with Crippen molar-refractivity contribution in [1.29, 1.82) is 0 Å². The lowest BCUT2D eigenvalue weighted by atomic mass is 9.99. The van der Waals surface area contributed by atoms with Crippen molar-refractivity contribution in [3.63, 3.8) is 0 Å². The van der Waals surface area contributed by atoms with E-state index in [4.69, 9.17) is 0 Å². The molecule has 2 aromatic rings. The molecule has 4 rings (SSSR count). The molecule has 0 saturated carbocycles. The first-order chi connectivity index (χ1) is 9.84. The van der Waals surface area contributed by atoms with Crippen molar-refractivity contribution in [1.82, 2.24) is 4.90 Å². The molecule has 1 aliphatic heterocycles. The van der Waals surface area contributed by atoms with Crippen LogP contribution in [-0.4, -0.2) is 29.2 Å². The molecule has 2 heteroatoms. The maximum atomic E-state index is 9.73. The second-order valence-electron chi connectivity index (χ2n) is 5.84. The largest absolute Gasteiger partial charge is 0.393 e. The van der Waals surface area contributed by atoms with E-state index in [1.165, 1.54) is 22.3 Å². The van der Waals surface area contributed by atoms with Gasteiger partial charge in [0.2, 0.25) is 0 Å². The third kappa shape index (κ3) is 1.80. The van der Waals surface area contributed by atoms with Gasteiger partial charge in [-0.3, -0.25) is 4.90 Å². The lowest BCUT2D eigenvalue weighted by Gasteiger charge is -2.35. The van der Waals surface area contributed by atoms with Crippen molar-refractivity contribution in [3.8, 4) is 11.1 Å². The monoisotopic (exact) mass is 265 g/mol. The normalized spacial score (nSPS) is 19.9. The molecule has 0 radical (unpaired) electrons. The van der Waals surface area contributed by atoms with Crippen LogP contribution in [0.3, 0.4) is 0 Å². The number of nitrogens with zero attached hydrogens (tertiary/aromatic N) is 1. The summed E-state index contributed by atoms with van der Waals surface area (Å²) in [6, 6.07) is 17.9. The van der Waals surface area contributed by atoms with Crippen molar-refractivity contribution in [2.45, 2.75) is 25.0 Å². The highest BCUT2D eigenvalue weighted by Gasteiger charge is 2.33. The van der Waals surface area contributed by atoms with Gasteiger partial charge in [0.05, 0.1) is 12.1 Å². The first kappa shape index (κ1) is 12.1. The second-order valence-corrected chi connectivity index (χ2v) is 5.84. The number of piperidine rings is 1. The molecule has 0 spiro atoms. The molecule has 1 heterocycles. The SMILES string of the molecule is OC1CCN(C2c3ccccc3-c3ccccc32)CC1. The van der Waals surface area contributed by atoms with E-state index >= 15 is 0 Å². The molecular weight excluding hydrogens is 246 g/mol. The Morgan fingerprint density at radius 3 is 1.85 bits per heavy atom. The van der Waals surface area contributed by atoms with Crippen LogP contribution < -0.4 is 0 Å². The molecule has 0 unspecified atom stereocenters. The number of rotatable bonds is 1. The molecule has 1 saturated heterocycles. The second kappa shape index (κ2) is 4.72. The Hall–Kier alpha value is -1.64. The molecule has 0 atom stereocenters. The highest BCUT2D eigenvalue weighted by atomic mass is 16.3. The zero-order chi connectivity index (χ0) is 13.5. The van der Waals surface area contributed by atoms with E-state index in [2.05, 4.69) is 53.4 Å². The lowest BCUT2D eigenvalue weighted by molar-refractivity contribution is 0.0696. The van der Waals surface area contributed by atoms with E-state index in [1.54, 1.807) is 0 Å². The summed E-state index contributed by atoms with van der Waals surface area (Å²) in [5.41, 5.74) is 5.59. The Kier molecular flexibility index (Phi) is 2.86. The van der Waals surface area contributed by atoms with Gasteiger partial charge in [0.25, 0.3) is 0 Å². The molecule has 1 aliphatic carbocycles. The fourth-order valence-corrected chi connectivity index (χ4v) is 3.67. The third-order valence-corrected chi connectivity index (χ3v) is 4.67. The topological polar surface area (TPSA) is 23.5 Å². The number of aliphatic hydroxyl groups excluding tert-OH is 1. The first-order valence-corrected chi connectivity index (χ1v) is 7.45. The summed E-state index contributed by atoms with van der Waals surface area (Å²) in [5.74, 6) is 0. The summed E-state index contributed by atoms with van der Waals surface area (Å²) < 4.78 is 0. The summed E-state index contributed by atoms with van der Waals surface area (Å²) in [6.45, 7) is 1.96. The van der Waals surface area contributed by atoms with Crippen molar-refractivity contribution in [3.05, 3.63) is 59.7 Å². The van der Waals surface area contributed by atoms with Crippen LogP contribution in [0.15, 0.2) is 48.5 Å². The molecule has 0 bridgehead atoms. The van der Waals surface area contributed by atoms with E-state index in [0.29, 0.717) is 6.04 Å². The first-order valence-electron chi connectivity index (χ1n) is 7.45. The van der Waals surface area contributed by atoms with Crippen LogP contribution in [0, 0.1) is 0 Å². The van der Waals surface area contributed by atoms with Gasteiger partial charge in [0.1, 0.15) is 0 Å². The summed E-state index contributed by atoms with van der Waals surface area (Å²) in [4.78, 5) is 2.53. The van der Waals surface area contributed by atoms with Gasteiger partial charge in [0.15, 0.2) is 0 Å². The van der Waals surface area contributed by atoms with Crippen molar-refractivity contribution < 1.29 is 5.11 Å². The summed E-state index contributed by atoms with van der Waals surface area (Å²) in [7, 11) is 0. The Balaban J connectivity index is 1.79. The van der Waals surface area contributed by atoms with E-state index in [1.807, 2.05) is 0 Å². The maximum absolute atomic E-state index is 9.73. The van der Waals surface area contributed by atoms with Crippen LogP contribution in [-0.2, 0) is 0 Å². The molecule has 0 amide bonds. The highest BCUT2D eigenvalue weighted by Crippen LogP contribution is 2.46.